The number of nitrogens with one attached hydrogen (secondary N) is 1. The van der Waals surface area contributed by atoms with E-state index in [-0.39, 0.29) is 0 Å². The summed E-state index contributed by atoms with van der Waals surface area (Å²) in [7, 11) is 0. The molecule has 1 heterocycles. The first-order valence-electron chi connectivity index (χ1n) is 6.87. The zero-order valence-corrected chi connectivity index (χ0v) is 13.4. The molecule has 0 aromatic heterocycles. The number of hydrogen-bond acceptors (Lipinski definition) is 3. The Labute approximate surface area is 123 Å². The van der Waals surface area contributed by atoms with Gasteiger partial charge in [0, 0.05) is 12.6 Å². The van der Waals surface area contributed by atoms with Gasteiger partial charge in [0.2, 0.25) is 0 Å². The van der Waals surface area contributed by atoms with Gasteiger partial charge < -0.3 is 14.8 Å². The van der Waals surface area contributed by atoms with Crippen molar-refractivity contribution in [3.8, 4) is 11.5 Å². The van der Waals surface area contributed by atoms with Crippen molar-refractivity contribution in [2.24, 2.45) is 5.92 Å². The van der Waals surface area contributed by atoms with Crippen LogP contribution in [0.15, 0.2) is 16.6 Å². The predicted octanol–water partition coefficient (Wildman–Crippen LogP) is 3.74. The second-order valence-corrected chi connectivity index (χ2v) is 6.37. The Kier molecular flexibility index (Phi) is 5.11. The lowest BCUT2D eigenvalue weighted by atomic mass is 10.0. The topological polar surface area (TPSA) is 30.5 Å². The number of rotatable bonds is 5. The van der Waals surface area contributed by atoms with Crippen LogP contribution < -0.4 is 14.8 Å². The monoisotopic (exact) mass is 327 g/mol. The minimum absolute atomic E-state index is 0.520. The van der Waals surface area contributed by atoms with Crippen molar-refractivity contribution in [1.29, 1.82) is 0 Å². The van der Waals surface area contributed by atoms with Crippen molar-refractivity contribution < 1.29 is 9.47 Å². The molecule has 1 aromatic rings. The number of halogens is 1. The molecule has 2 rings (SSSR count). The van der Waals surface area contributed by atoms with Gasteiger partial charge in [-0.05, 0) is 52.9 Å². The molecule has 1 unspecified atom stereocenters. The van der Waals surface area contributed by atoms with Crippen LogP contribution in [0.4, 0.5) is 0 Å². The molecule has 1 aromatic carbocycles. The fraction of sp³-hybridized carbons (Fsp3) is 0.600. The van der Waals surface area contributed by atoms with Crippen LogP contribution in [-0.4, -0.2) is 19.3 Å². The minimum Gasteiger partial charge on any atom is -0.486 e. The van der Waals surface area contributed by atoms with E-state index < -0.39 is 0 Å². The Hall–Kier alpha value is -0.740. The van der Waals surface area contributed by atoms with E-state index in [1.54, 1.807) is 0 Å². The van der Waals surface area contributed by atoms with E-state index in [0.717, 1.165) is 28.4 Å². The Morgan fingerprint density at radius 3 is 2.68 bits per heavy atom. The predicted molar refractivity (Wildman–Crippen MR) is 80.9 cm³/mol. The summed E-state index contributed by atoms with van der Waals surface area (Å²) in [5, 5.41) is 3.55. The molecule has 0 saturated carbocycles. The number of benzene rings is 1. The van der Waals surface area contributed by atoms with Gasteiger partial charge >= 0.3 is 0 Å². The van der Waals surface area contributed by atoms with Gasteiger partial charge in [0.15, 0.2) is 11.5 Å². The van der Waals surface area contributed by atoms with Crippen molar-refractivity contribution in [3.05, 3.63) is 22.2 Å². The molecule has 3 nitrogen and oxygen atoms in total. The van der Waals surface area contributed by atoms with Crippen LogP contribution in [-0.2, 0) is 6.54 Å². The average Bonchev–Trinajstić information content (AvgIpc) is 2.36. The van der Waals surface area contributed by atoms with Gasteiger partial charge in [-0.25, -0.2) is 0 Å². The molecule has 1 aliphatic rings. The summed E-state index contributed by atoms with van der Waals surface area (Å²) in [4.78, 5) is 0. The van der Waals surface area contributed by atoms with Crippen LogP contribution in [0.5, 0.6) is 11.5 Å². The molecule has 1 N–H and O–H groups in total. The summed E-state index contributed by atoms with van der Waals surface area (Å²) in [5.74, 6) is 2.38. The van der Waals surface area contributed by atoms with Crippen molar-refractivity contribution in [2.45, 2.75) is 39.8 Å². The molecular weight excluding hydrogens is 306 g/mol. The Bertz CT molecular complexity index is 434. The van der Waals surface area contributed by atoms with E-state index in [2.05, 4.69) is 54.2 Å². The average molecular weight is 328 g/mol. The van der Waals surface area contributed by atoms with Crippen molar-refractivity contribution in [2.75, 3.05) is 13.2 Å². The highest BCUT2D eigenvalue weighted by atomic mass is 79.9. The maximum atomic E-state index is 5.63. The molecule has 1 atom stereocenters. The molecule has 1 aliphatic heterocycles. The van der Waals surface area contributed by atoms with Gasteiger partial charge in [0.1, 0.15) is 13.2 Å². The Morgan fingerprint density at radius 1 is 1.21 bits per heavy atom. The quantitative estimate of drug-likeness (QED) is 0.893. The number of hydrogen-bond donors (Lipinski definition) is 1. The minimum atomic E-state index is 0.520. The first-order valence-corrected chi connectivity index (χ1v) is 7.67. The van der Waals surface area contributed by atoms with Gasteiger partial charge in [0.25, 0.3) is 0 Å². The number of ether oxygens (including phenoxy) is 2. The van der Waals surface area contributed by atoms with Crippen LogP contribution in [0.3, 0.4) is 0 Å². The highest BCUT2D eigenvalue weighted by Gasteiger charge is 2.16. The van der Waals surface area contributed by atoms with E-state index in [0.29, 0.717) is 19.3 Å². The smallest absolute Gasteiger partial charge is 0.175 e. The van der Waals surface area contributed by atoms with Crippen LogP contribution >= 0.6 is 15.9 Å². The molecule has 19 heavy (non-hydrogen) atoms. The van der Waals surface area contributed by atoms with Gasteiger partial charge in [0.05, 0.1) is 4.47 Å². The first kappa shape index (κ1) is 14.7. The summed E-state index contributed by atoms with van der Waals surface area (Å²) in [6.07, 6.45) is 1.19. The molecule has 106 valence electrons. The van der Waals surface area contributed by atoms with Crippen LogP contribution in [0.1, 0.15) is 32.8 Å². The van der Waals surface area contributed by atoms with E-state index in [1.165, 1.54) is 12.0 Å². The highest BCUT2D eigenvalue weighted by Crippen LogP contribution is 2.38. The van der Waals surface area contributed by atoms with Crippen molar-refractivity contribution >= 4 is 15.9 Å². The second-order valence-electron chi connectivity index (χ2n) is 5.51. The molecular formula is C15H22BrNO2. The zero-order valence-electron chi connectivity index (χ0n) is 11.8. The van der Waals surface area contributed by atoms with Crippen LogP contribution in [0.2, 0.25) is 0 Å². The van der Waals surface area contributed by atoms with Crippen LogP contribution in [0.25, 0.3) is 0 Å². The Morgan fingerprint density at radius 2 is 1.95 bits per heavy atom. The lowest BCUT2D eigenvalue weighted by molar-refractivity contribution is 0.170. The number of fused-ring (bicyclic) bond motifs is 1. The molecule has 0 bridgehead atoms. The molecule has 0 spiro atoms. The fourth-order valence-corrected chi connectivity index (χ4v) is 2.95. The third-order valence-electron chi connectivity index (χ3n) is 3.14. The first-order chi connectivity index (χ1) is 9.06. The van der Waals surface area contributed by atoms with Crippen LogP contribution in [0, 0.1) is 5.92 Å². The molecule has 0 saturated heterocycles. The summed E-state index contributed by atoms with van der Waals surface area (Å²) >= 11 is 3.55. The van der Waals surface area contributed by atoms with E-state index in [4.69, 9.17) is 9.47 Å². The van der Waals surface area contributed by atoms with Crippen molar-refractivity contribution in [3.63, 3.8) is 0 Å². The van der Waals surface area contributed by atoms with Crippen molar-refractivity contribution in [1.82, 2.24) is 5.32 Å². The van der Waals surface area contributed by atoms with Gasteiger partial charge in [-0.15, -0.1) is 0 Å². The summed E-state index contributed by atoms with van der Waals surface area (Å²) in [6, 6.07) is 4.68. The maximum Gasteiger partial charge on any atom is 0.175 e. The van der Waals surface area contributed by atoms with E-state index >= 15 is 0 Å². The third kappa shape index (κ3) is 4.11. The molecule has 0 amide bonds. The SMILES string of the molecule is CC(C)CC(C)NCc1cc(Br)c2c(c1)OCCO2. The summed E-state index contributed by atoms with van der Waals surface area (Å²) < 4.78 is 12.2. The van der Waals surface area contributed by atoms with Gasteiger partial charge in [-0.2, -0.15) is 0 Å². The molecule has 0 aliphatic carbocycles. The second kappa shape index (κ2) is 6.62. The highest BCUT2D eigenvalue weighted by molar-refractivity contribution is 9.10. The fourth-order valence-electron chi connectivity index (χ4n) is 2.35. The largest absolute Gasteiger partial charge is 0.486 e. The third-order valence-corrected chi connectivity index (χ3v) is 3.73. The Balaban J connectivity index is 1.99. The van der Waals surface area contributed by atoms with E-state index in [1.807, 2.05) is 0 Å². The maximum absolute atomic E-state index is 5.63. The lowest BCUT2D eigenvalue weighted by Gasteiger charge is -2.21. The summed E-state index contributed by atoms with van der Waals surface area (Å²) in [6.45, 7) is 8.82. The molecule has 0 radical (unpaired) electrons. The normalized spacial score (nSPS) is 15.6. The van der Waals surface area contributed by atoms with Gasteiger partial charge in [-0.1, -0.05) is 13.8 Å². The standard InChI is InChI=1S/C15H22BrNO2/c1-10(2)6-11(3)17-9-12-7-13(16)15-14(8-12)18-4-5-19-15/h7-8,10-11,17H,4-6,9H2,1-3H3. The zero-order chi connectivity index (χ0) is 13.8. The summed E-state index contributed by atoms with van der Waals surface area (Å²) in [5.41, 5.74) is 1.21. The molecule has 0 fully saturated rings. The van der Waals surface area contributed by atoms with E-state index in [9.17, 15) is 0 Å². The van der Waals surface area contributed by atoms with Gasteiger partial charge in [-0.3, -0.25) is 0 Å². The molecule has 4 heteroatoms. The lowest BCUT2D eigenvalue weighted by Crippen LogP contribution is -2.27.